The number of amides is 1. The van der Waals surface area contributed by atoms with Crippen LogP contribution in [0.5, 0.6) is 0 Å². The summed E-state index contributed by atoms with van der Waals surface area (Å²) in [7, 11) is 0. The van der Waals surface area contributed by atoms with Gasteiger partial charge in [-0.2, -0.15) is 0 Å². The molecule has 0 bridgehead atoms. The van der Waals surface area contributed by atoms with Gasteiger partial charge in [-0.05, 0) is 30.5 Å². The molecule has 130 valence electrons. The van der Waals surface area contributed by atoms with Crippen LogP contribution < -0.4 is 5.32 Å². The van der Waals surface area contributed by atoms with Crippen LogP contribution in [0.4, 0.5) is 4.79 Å². The normalized spacial score (nSPS) is 23.0. The molecule has 0 aromatic heterocycles. The molecule has 0 spiro atoms. The predicted octanol–water partition coefficient (Wildman–Crippen LogP) is 3.18. The molecular weight excluding hydrogens is 312 g/mol. The van der Waals surface area contributed by atoms with Crippen molar-refractivity contribution in [2.45, 2.75) is 24.4 Å². The predicted molar refractivity (Wildman–Crippen MR) is 97.6 cm³/mol. The van der Waals surface area contributed by atoms with Gasteiger partial charge in [-0.3, -0.25) is 4.90 Å². The molecule has 1 unspecified atom stereocenters. The Morgan fingerprint density at radius 2 is 1.68 bits per heavy atom. The second-order valence-electron chi connectivity index (χ2n) is 7.06. The van der Waals surface area contributed by atoms with E-state index in [9.17, 15) is 4.79 Å². The highest BCUT2D eigenvalue weighted by Crippen LogP contribution is 2.40. The molecule has 25 heavy (non-hydrogen) atoms. The minimum absolute atomic E-state index is 0.00316. The monoisotopic (exact) mass is 336 g/mol. The molecule has 4 heteroatoms. The average Bonchev–Trinajstić information content (AvgIpc) is 3.08. The number of benzene rings is 2. The zero-order valence-corrected chi connectivity index (χ0v) is 14.4. The molecule has 0 saturated carbocycles. The van der Waals surface area contributed by atoms with Crippen molar-refractivity contribution in [3.63, 3.8) is 0 Å². The van der Waals surface area contributed by atoms with Crippen LogP contribution in [-0.2, 0) is 10.2 Å². The number of alkyl carbamates (subject to hydrolysis) is 1. The summed E-state index contributed by atoms with van der Waals surface area (Å²) in [6, 6.07) is 21.6. The van der Waals surface area contributed by atoms with Crippen molar-refractivity contribution in [3.8, 4) is 0 Å². The third-order valence-corrected chi connectivity index (χ3v) is 5.43. The summed E-state index contributed by atoms with van der Waals surface area (Å²) in [4.78, 5) is 13.8. The fourth-order valence-electron chi connectivity index (χ4n) is 4.27. The second kappa shape index (κ2) is 6.89. The molecule has 2 heterocycles. The van der Waals surface area contributed by atoms with E-state index in [0.717, 1.165) is 32.5 Å². The van der Waals surface area contributed by atoms with E-state index in [2.05, 4.69) is 70.9 Å². The molecule has 0 radical (unpaired) electrons. The number of hydrogen-bond acceptors (Lipinski definition) is 3. The minimum Gasteiger partial charge on any atom is -0.443 e. The molecule has 2 aliphatic rings. The molecule has 2 aliphatic heterocycles. The van der Waals surface area contributed by atoms with Gasteiger partial charge in [0.15, 0.2) is 0 Å². The van der Waals surface area contributed by atoms with E-state index in [1.807, 2.05) is 0 Å². The number of nitrogens with zero attached hydrogens (tertiary/aromatic N) is 1. The molecule has 2 aromatic carbocycles. The lowest BCUT2D eigenvalue weighted by Crippen LogP contribution is -2.49. The van der Waals surface area contributed by atoms with Gasteiger partial charge in [-0.1, -0.05) is 60.7 Å². The Morgan fingerprint density at radius 1 is 1.04 bits per heavy atom. The van der Waals surface area contributed by atoms with E-state index >= 15 is 0 Å². The summed E-state index contributed by atoms with van der Waals surface area (Å²) in [6.07, 6.45) is 1.94. The van der Waals surface area contributed by atoms with E-state index < -0.39 is 0 Å². The highest BCUT2D eigenvalue weighted by atomic mass is 16.6. The van der Waals surface area contributed by atoms with Gasteiger partial charge in [0.2, 0.25) is 0 Å². The number of hydrogen-bond donors (Lipinski definition) is 1. The SMILES string of the molecule is O=C1NCC(CN2CCCC(c3ccccc3)(c3ccccc3)C2)O1. The fraction of sp³-hybridized carbons (Fsp3) is 0.381. The molecule has 1 N–H and O–H groups in total. The first kappa shape index (κ1) is 16.2. The first-order chi connectivity index (χ1) is 12.3. The van der Waals surface area contributed by atoms with Crippen LogP contribution in [-0.4, -0.2) is 43.3 Å². The van der Waals surface area contributed by atoms with Crippen LogP contribution in [0.2, 0.25) is 0 Å². The van der Waals surface area contributed by atoms with Crippen molar-refractivity contribution >= 4 is 6.09 Å². The fourth-order valence-corrected chi connectivity index (χ4v) is 4.27. The lowest BCUT2D eigenvalue weighted by molar-refractivity contribution is 0.0856. The number of carbonyl (C=O) groups excluding carboxylic acids is 1. The number of cyclic esters (lactones) is 1. The topological polar surface area (TPSA) is 41.6 Å². The average molecular weight is 336 g/mol. The highest BCUT2D eigenvalue weighted by Gasteiger charge is 2.39. The molecule has 1 atom stereocenters. The van der Waals surface area contributed by atoms with Gasteiger partial charge in [0.1, 0.15) is 6.10 Å². The Morgan fingerprint density at radius 3 is 2.24 bits per heavy atom. The number of ether oxygens (including phenoxy) is 1. The summed E-state index contributed by atoms with van der Waals surface area (Å²) in [6.45, 7) is 3.41. The largest absolute Gasteiger partial charge is 0.443 e. The third-order valence-electron chi connectivity index (χ3n) is 5.43. The maximum Gasteiger partial charge on any atom is 0.407 e. The van der Waals surface area contributed by atoms with Crippen LogP contribution >= 0.6 is 0 Å². The molecule has 0 aliphatic carbocycles. The van der Waals surface area contributed by atoms with Crippen LogP contribution in [0, 0.1) is 0 Å². The van der Waals surface area contributed by atoms with Crippen LogP contribution in [0.25, 0.3) is 0 Å². The van der Waals surface area contributed by atoms with Gasteiger partial charge in [0.25, 0.3) is 0 Å². The standard InChI is InChI=1S/C21H24N2O2/c24-20-22-14-19(25-20)15-23-13-7-12-21(16-23,17-8-3-1-4-9-17)18-10-5-2-6-11-18/h1-6,8-11,19H,7,12-16H2,(H,22,24). The van der Waals surface area contributed by atoms with Gasteiger partial charge in [0, 0.05) is 18.5 Å². The summed E-state index contributed by atoms with van der Waals surface area (Å²) in [5.74, 6) is 0. The number of piperidine rings is 1. The lowest BCUT2D eigenvalue weighted by Gasteiger charge is -2.44. The second-order valence-corrected chi connectivity index (χ2v) is 7.06. The smallest absolute Gasteiger partial charge is 0.407 e. The van der Waals surface area contributed by atoms with E-state index in [1.54, 1.807) is 0 Å². The number of carbonyl (C=O) groups is 1. The summed E-state index contributed by atoms with van der Waals surface area (Å²) in [5, 5.41) is 2.76. The molecular formula is C21H24N2O2. The highest BCUT2D eigenvalue weighted by molar-refractivity contribution is 5.69. The van der Waals surface area contributed by atoms with Crippen LogP contribution in [0.1, 0.15) is 24.0 Å². The van der Waals surface area contributed by atoms with Crippen molar-refractivity contribution in [3.05, 3.63) is 71.8 Å². The lowest BCUT2D eigenvalue weighted by atomic mass is 9.69. The number of nitrogens with one attached hydrogen (secondary N) is 1. The maximum atomic E-state index is 11.3. The van der Waals surface area contributed by atoms with Crippen molar-refractivity contribution < 1.29 is 9.53 Å². The quantitative estimate of drug-likeness (QED) is 0.932. The van der Waals surface area contributed by atoms with Gasteiger partial charge in [-0.25, -0.2) is 4.79 Å². The molecule has 2 saturated heterocycles. The Balaban J connectivity index is 1.63. The van der Waals surface area contributed by atoms with Gasteiger partial charge in [-0.15, -0.1) is 0 Å². The minimum atomic E-state index is -0.292. The molecule has 2 fully saturated rings. The van der Waals surface area contributed by atoms with Gasteiger partial charge >= 0.3 is 6.09 Å². The molecule has 2 aromatic rings. The van der Waals surface area contributed by atoms with Crippen LogP contribution in [0.3, 0.4) is 0 Å². The first-order valence-corrected chi connectivity index (χ1v) is 9.04. The van der Waals surface area contributed by atoms with Gasteiger partial charge in [0.05, 0.1) is 6.54 Å². The van der Waals surface area contributed by atoms with Crippen molar-refractivity contribution in [2.75, 3.05) is 26.2 Å². The molecule has 4 nitrogen and oxygen atoms in total. The summed E-state index contributed by atoms with van der Waals surface area (Å²) >= 11 is 0. The van der Waals surface area contributed by atoms with E-state index in [4.69, 9.17) is 4.74 Å². The van der Waals surface area contributed by atoms with Crippen LogP contribution in [0.15, 0.2) is 60.7 Å². The number of rotatable bonds is 4. The zero-order valence-electron chi connectivity index (χ0n) is 14.4. The van der Waals surface area contributed by atoms with E-state index in [1.165, 1.54) is 11.1 Å². The Kier molecular flexibility index (Phi) is 4.45. The Labute approximate surface area is 148 Å². The van der Waals surface area contributed by atoms with Crippen molar-refractivity contribution in [1.82, 2.24) is 10.2 Å². The third kappa shape index (κ3) is 3.27. The Bertz CT molecular complexity index is 678. The summed E-state index contributed by atoms with van der Waals surface area (Å²) < 4.78 is 5.35. The molecule has 4 rings (SSSR count). The maximum absolute atomic E-state index is 11.3. The van der Waals surface area contributed by atoms with Crippen molar-refractivity contribution in [1.29, 1.82) is 0 Å². The van der Waals surface area contributed by atoms with E-state index in [0.29, 0.717) is 6.54 Å². The number of likely N-dealkylation sites (tertiary alicyclic amines) is 1. The van der Waals surface area contributed by atoms with Crippen molar-refractivity contribution in [2.24, 2.45) is 0 Å². The summed E-state index contributed by atoms with van der Waals surface area (Å²) in [5.41, 5.74) is 2.73. The zero-order chi connectivity index (χ0) is 17.1. The van der Waals surface area contributed by atoms with E-state index in [-0.39, 0.29) is 17.6 Å². The Hall–Kier alpha value is -2.33. The first-order valence-electron chi connectivity index (χ1n) is 9.04. The van der Waals surface area contributed by atoms with Gasteiger partial charge < -0.3 is 10.1 Å². The molecule has 1 amide bonds.